The maximum atomic E-state index is 12.3. The first kappa shape index (κ1) is 21.8. The van der Waals surface area contributed by atoms with E-state index in [4.69, 9.17) is 19.4 Å². The second-order valence-corrected chi connectivity index (χ2v) is 10.1. The summed E-state index contributed by atoms with van der Waals surface area (Å²) in [5.41, 5.74) is 3.68. The van der Waals surface area contributed by atoms with E-state index in [0.717, 1.165) is 33.2 Å². The highest BCUT2D eigenvalue weighted by Crippen LogP contribution is 2.27. The Hall–Kier alpha value is -3.47. The summed E-state index contributed by atoms with van der Waals surface area (Å²) in [4.78, 5) is 21.8. The van der Waals surface area contributed by atoms with E-state index in [1.807, 2.05) is 36.4 Å². The Kier molecular flexibility index (Phi) is 5.37. The molecule has 0 spiro atoms. The zero-order chi connectivity index (χ0) is 23.1. The van der Waals surface area contributed by atoms with Gasteiger partial charge in [-0.2, -0.15) is 0 Å². The zero-order valence-corrected chi connectivity index (χ0v) is 19.4. The minimum Gasteiger partial charge on any atom is -0.395 e. The Balaban J connectivity index is 1.49. The van der Waals surface area contributed by atoms with Crippen molar-refractivity contribution < 1.29 is 14.3 Å². The third-order valence-corrected chi connectivity index (χ3v) is 5.26. The smallest absolute Gasteiger partial charge is 0.395 e. The molecule has 4 aromatic rings. The van der Waals surface area contributed by atoms with E-state index in [-0.39, 0.29) is 10.8 Å². The highest BCUT2D eigenvalue weighted by atomic mass is 16.7. The van der Waals surface area contributed by atoms with Crippen molar-refractivity contribution in [2.45, 2.75) is 52.4 Å². The van der Waals surface area contributed by atoms with Gasteiger partial charge in [-0.1, -0.05) is 53.7 Å². The molecule has 2 aromatic heterocycles. The van der Waals surface area contributed by atoms with Crippen molar-refractivity contribution in [1.82, 2.24) is 9.97 Å². The van der Waals surface area contributed by atoms with Crippen LogP contribution in [0.3, 0.4) is 0 Å². The molecule has 2 aromatic carbocycles. The standard InChI is InChI=1S/C27H28N2O3/c1-26(2,3)23-13-7-17-15-19(9-11-21(17)28-23)31-25(30)32-20-10-12-22-18(16-20)8-14-24(29-22)27(4,5)6/h7-16H,1-6H3. The van der Waals surface area contributed by atoms with Gasteiger partial charge in [0.25, 0.3) is 0 Å². The second kappa shape index (κ2) is 7.90. The molecule has 0 saturated carbocycles. The summed E-state index contributed by atoms with van der Waals surface area (Å²) in [7, 11) is 0. The van der Waals surface area contributed by atoms with Crippen molar-refractivity contribution in [3.8, 4) is 11.5 Å². The lowest BCUT2D eigenvalue weighted by Gasteiger charge is -2.18. The third-order valence-electron chi connectivity index (χ3n) is 5.26. The second-order valence-electron chi connectivity index (χ2n) is 10.1. The summed E-state index contributed by atoms with van der Waals surface area (Å²) in [6.45, 7) is 12.8. The normalized spacial score (nSPS) is 12.2. The largest absolute Gasteiger partial charge is 0.519 e. The summed E-state index contributed by atoms with van der Waals surface area (Å²) in [5.74, 6) is 0.815. The monoisotopic (exact) mass is 428 g/mol. The van der Waals surface area contributed by atoms with Gasteiger partial charge in [0.1, 0.15) is 11.5 Å². The highest BCUT2D eigenvalue weighted by molar-refractivity contribution is 5.83. The van der Waals surface area contributed by atoms with Gasteiger partial charge in [0, 0.05) is 33.0 Å². The lowest BCUT2D eigenvalue weighted by Crippen LogP contribution is -2.14. The molecule has 0 bridgehead atoms. The van der Waals surface area contributed by atoms with Crippen LogP contribution in [0.5, 0.6) is 11.5 Å². The topological polar surface area (TPSA) is 61.3 Å². The Bertz CT molecular complexity index is 1210. The van der Waals surface area contributed by atoms with E-state index in [0.29, 0.717) is 11.5 Å². The molecular formula is C27H28N2O3. The molecule has 2 heterocycles. The molecule has 0 aliphatic heterocycles. The molecule has 164 valence electrons. The lowest BCUT2D eigenvalue weighted by atomic mass is 9.91. The fourth-order valence-electron chi connectivity index (χ4n) is 3.38. The van der Waals surface area contributed by atoms with Gasteiger partial charge in [0.15, 0.2) is 0 Å². The highest BCUT2D eigenvalue weighted by Gasteiger charge is 2.17. The fourth-order valence-corrected chi connectivity index (χ4v) is 3.38. The van der Waals surface area contributed by atoms with Gasteiger partial charge in [-0.25, -0.2) is 4.79 Å². The number of pyridine rings is 2. The van der Waals surface area contributed by atoms with Crippen LogP contribution in [-0.4, -0.2) is 16.1 Å². The van der Waals surface area contributed by atoms with E-state index in [1.165, 1.54) is 0 Å². The third kappa shape index (κ3) is 4.72. The molecule has 0 aliphatic rings. The SMILES string of the molecule is CC(C)(C)c1ccc2cc(OC(=O)Oc3ccc4nc(C(C)(C)C)ccc4c3)ccc2n1. The summed E-state index contributed by atoms with van der Waals surface area (Å²) in [6, 6.07) is 18.7. The molecule has 0 fully saturated rings. The molecule has 0 saturated heterocycles. The molecule has 0 amide bonds. The number of aromatic nitrogens is 2. The van der Waals surface area contributed by atoms with E-state index in [1.54, 1.807) is 24.3 Å². The van der Waals surface area contributed by atoms with Crippen LogP contribution in [-0.2, 0) is 10.8 Å². The van der Waals surface area contributed by atoms with Gasteiger partial charge < -0.3 is 9.47 Å². The van der Waals surface area contributed by atoms with Crippen LogP contribution in [0.1, 0.15) is 52.9 Å². The summed E-state index contributed by atoms with van der Waals surface area (Å²) < 4.78 is 10.8. The summed E-state index contributed by atoms with van der Waals surface area (Å²) >= 11 is 0. The van der Waals surface area contributed by atoms with Crippen molar-refractivity contribution in [3.05, 3.63) is 72.1 Å². The number of ether oxygens (including phenoxy) is 2. The molecule has 0 radical (unpaired) electrons. The number of hydrogen-bond donors (Lipinski definition) is 0. The zero-order valence-electron chi connectivity index (χ0n) is 19.4. The minimum atomic E-state index is -0.790. The van der Waals surface area contributed by atoms with Gasteiger partial charge in [-0.15, -0.1) is 0 Å². The molecule has 5 heteroatoms. The van der Waals surface area contributed by atoms with Gasteiger partial charge in [0.05, 0.1) is 11.0 Å². The molecule has 0 N–H and O–H groups in total. The predicted molar refractivity (Wildman–Crippen MR) is 128 cm³/mol. The summed E-state index contributed by atoms with van der Waals surface area (Å²) in [6.07, 6.45) is -0.790. The number of hydrogen-bond acceptors (Lipinski definition) is 5. The number of fused-ring (bicyclic) bond motifs is 2. The van der Waals surface area contributed by atoms with E-state index < -0.39 is 6.16 Å². The van der Waals surface area contributed by atoms with Crippen molar-refractivity contribution >= 4 is 28.0 Å². The first-order valence-electron chi connectivity index (χ1n) is 10.7. The first-order chi connectivity index (χ1) is 15.0. The van der Waals surface area contributed by atoms with Crippen molar-refractivity contribution in [2.75, 3.05) is 0 Å². The maximum Gasteiger partial charge on any atom is 0.519 e. The van der Waals surface area contributed by atoms with Crippen LogP contribution in [0.4, 0.5) is 4.79 Å². The molecule has 0 unspecified atom stereocenters. The first-order valence-corrected chi connectivity index (χ1v) is 10.7. The van der Waals surface area contributed by atoms with Crippen LogP contribution < -0.4 is 9.47 Å². The number of rotatable bonds is 2. The molecule has 4 rings (SSSR count). The van der Waals surface area contributed by atoms with Gasteiger partial charge in [0.2, 0.25) is 0 Å². The number of carbonyl (C=O) groups is 1. The quantitative estimate of drug-likeness (QED) is 0.255. The van der Waals surface area contributed by atoms with E-state index >= 15 is 0 Å². The average Bonchev–Trinajstić information content (AvgIpc) is 2.71. The number of carbonyl (C=O) groups excluding carboxylic acids is 1. The number of benzene rings is 2. The minimum absolute atomic E-state index is 0.0309. The molecule has 0 aliphatic carbocycles. The van der Waals surface area contributed by atoms with Crippen molar-refractivity contribution in [3.63, 3.8) is 0 Å². The Morgan fingerprint density at radius 2 is 1.03 bits per heavy atom. The van der Waals surface area contributed by atoms with Crippen LogP contribution in [0, 0.1) is 0 Å². The molecular weight excluding hydrogens is 400 g/mol. The van der Waals surface area contributed by atoms with Crippen LogP contribution >= 0.6 is 0 Å². The van der Waals surface area contributed by atoms with Crippen LogP contribution in [0.2, 0.25) is 0 Å². The average molecular weight is 429 g/mol. The Labute approximate surface area is 188 Å². The fraction of sp³-hybridized carbons (Fsp3) is 0.296. The van der Waals surface area contributed by atoms with Crippen molar-refractivity contribution in [1.29, 1.82) is 0 Å². The maximum absolute atomic E-state index is 12.3. The van der Waals surface area contributed by atoms with Crippen LogP contribution in [0.25, 0.3) is 21.8 Å². The lowest BCUT2D eigenvalue weighted by molar-refractivity contribution is 0.152. The van der Waals surface area contributed by atoms with Crippen LogP contribution in [0.15, 0.2) is 60.7 Å². The molecule has 32 heavy (non-hydrogen) atoms. The number of nitrogens with zero attached hydrogens (tertiary/aromatic N) is 2. The van der Waals surface area contributed by atoms with Gasteiger partial charge >= 0.3 is 6.16 Å². The van der Waals surface area contributed by atoms with Crippen molar-refractivity contribution in [2.24, 2.45) is 0 Å². The Morgan fingerprint density at radius 1 is 0.625 bits per heavy atom. The van der Waals surface area contributed by atoms with E-state index in [9.17, 15) is 4.79 Å². The van der Waals surface area contributed by atoms with Gasteiger partial charge in [-0.3, -0.25) is 9.97 Å². The molecule has 0 atom stereocenters. The molecule has 5 nitrogen and oxygen atoms in total. The Morgan fingerprint density at radius 3 is 1.41 bits per heavy atom. The van der Waals surface area contributed by atoms with E-state index in [2.05, 4.69) is 41.5 Å². The predicted octanol–water partition coefficient (Wildman–Crippen LogP) is 6.96. The van der Waals surface area contributed by atoms with Gasteiger partial charge in [-0.05, 0) is 48.5 Å². The summed E-state index contributed by atoms with van der Waals surface area (Å²) in [5, 5.41) is 1.80.